The molecule has 0 heterocycles. The highest BCUT2D eigenvalue weighted by molar-refractivity contribution is 7.86. The van der Waals surface area contributed by atoms with Gasteiger partial charge in [-0.25, -0.2) is 0 Å². The molecule has 3 nitrogen and oxygen atoms in total. The van der Waals surface area contributed by atoms with Gasteiger partial charge >= 0.3 is 0 Å². The molecule has 0 N–H and O–H groups in total. The third kappa shape index (κ3) is 4.78. The minimum atomic E-state index is -3.57. The van der Waals surface area contributed by atoms with E-state index in [1.165, 1.54) is 19.3 Å². The average Bonchev–Trinajstić information content (AvgIpc) is 2.35. The van der Waals surface area contributed by atoms with Crippen LogP contribution in [0.5, 0.6) is 0 Å². The first-order valence-electron chi connectivity index (χ1n) is 6.58. The van der Waals surface area contributed by atoms with Crippen LogP contribution in [0.2, 0.25) is 0 Å². The molecule has 0 spiro atoms. The van der Waals surface area contributed by atoms with Crippen LogP contribution in [-0.4, -0.2) is 15.0 Å². The molecule has 0 aliphatic heterocycles. The predicted octanol–water partition coefficient (Wildman–Crippen LogP) is 3.53. The molecule has 1 aromatic carbocycles. The van der Waals surface area contributed by atoms with Gasteiger partial charge in [0, 0.05) is 0 Å². The van der Waals surface area contributed by atoms with E-state index in [0.717, 1.165) is 18.4 Å². The average molecular weight is 270 g/mol. The summed E-state index contributed by atoms with van der Waals surface area (Å²) in [6.07, 6.45) is 5.66. The molecule has 0 fully saturated rings. The van der Waals surface area contributed by atoms with Gasteiger partial charge < -0.3 is 0 Å². The lowest BCUT2D eigenvalue weighted by Gasteiger charge is -2.06. The van der Waals surface area contributed by atoms with Gasteiger partial charge in [0.05, 0.1) is 11.5 Å². The number of rotatable bonds is 8. The van der Waals surface area contributed by atoms with Crippen LogP contribution in [0.3, 0.4) is 0 Å². The SMILES string of the molecule is CCCCCCc1cccc(S(=O)(=O)OCC)c1. The third-order valence-electron chi connectivity index (χ3n) is 2.78. The van der Waals surface area contributed by atoms with E-state index in [1.54, 1.807) is 25.1 Å². The maximum Gasteiger partial charge on any atom is 0.296 e. The van der Waals surface area contributed by atoms with Crippen molar-refractivity contribution in [3.63, 3.8) is 0 Å². The summed E-state index contributed by atoms with van der Waals surface area (Å²) >= 11 is 0. The Morgan fingerprint density at radius 3 is 2.56 bits per heavy atom. The maximum atomic E-state index is 11.7. The van der Waals surface area contributed by atoms with E-state index in [1.807, 2.05) is 6.07 Å². The second kappa shape index (κ2) is 7.54. The van der Waals surface area contributed by atoms with E-state index in [0.29, 0.717) is 0 Å². The molecule has 0 atom stereocenters. The standard InChI is InChI=1S/C14H22O3S/c1-3-5-6-7-9-13-10-8-11-14(12-13)18(15,16)17-4-2/h8,10-12H,3-7,9H2,1-2H3. The van der Waals surface area contributed by atoms with E-state index >= 15 is 0 Å². The molecule has 0 radical (unpaired) electrons. The van der Waals surface area contributed by atoms with Crippen molar-refractivity contribution in [1.29, 1.82) is 0 Å². The first kappa shape index (κ1) is 15.2. The zero-order valence-corrected chi connectivity index (χ0v) is 12.0. The monoisotopic (exact) mass is 270 g/mol. The van der Waals surface area contributed by atoms with Gasteiger partial charge in [0.1, 0.15) is 0 Å². The van der Waals surface area contributed by atoms with Gasteiger partial charge in [0.15, 0.2) is 0 Å². The summed E-state index contributed by atoms with van der Waals surface area (Å²) in [6.45, 7) is 4.02. The Balaban J connectivity index is 2.68. The number of hydrogen-bond donors (Lipinski definition) is 0. The molecule has 102 valence electrons. The van der Waals surface area contributed by atoms with Gasteiger partial charge in [-0.2, -0.15) is 8.42 Å². The van der Waals surface area contributed by atoms with Crippen molar-refractivity contribution in [2.45, 2.75) is 50.8 Å². The summed E-state index contributed by atoms with van der Waals surface area (Å²) in [4.78, 5) is 0.261. The summed E-state index contributed by atoms with van der Waals surface area (Å²) < 4.78 is 28.3. The van der Waals surface area contributed by atoms with Crippen molar-refractivity contribution in [1.82, 2.24) is 0 Å². The Kier molecular flexibility index (Phi) is 6.36. The van der Waals surface area contributed by atoms with Gasteiger partial charge in [-0.05, 0) is 37.5 Å². The highest BCUT2D eigenvalue weighted by atomic mass is 32.2. The Hall–Kier alpha value is -0.870. The third-order valence-corrected chi connectivity index (χ3v) is 4.16. The van der Waals surface area contributed by atoms with E-state index in [2.05, 4.69) is 6.92 Å². The Morgan fingerprint density at radius 2 is 1.89 bits per heavy atom. The number of hydrogen-bond acceptors (Lipinski definition) is 3. The quantitative estimate of drug-likeness (QED) is 0.536. The lowest BCUT2D eigenvalue weighted by Crippen LogP contribution is -2.06. The summed E-state index contributed by atoms with van der Waals surface area (Å²) in [7, 11) is -3.57. The molecule has 0 saturated carbocycles. The fraction of sp³-hybridized carbons (Fsp3) is 0.571. The molecule has 0 unspecified atom stereocenters. The van der Waals surface area contributed by atoms with Gasteiger partial charge in [0.2, 0.25) is 0 Å². The van der Waals surface area contributed by atoms with Crippen LogP contribution in [0.1, 0.15) is 45.1 Å². The van der Waals surface area contributed by atoms with Crippen LogP contribution in [-0.2, 0) is 20.7 Å². The topological polar surface area (TPSA) is 43.4 Å². The fourth-order valence-electron chi connectivity index (χ4n) is 1.84. The van der Waals surface area contributed by atoms with Crippen LogP contribution in [0.4, 0.5) is 0 Å². The van der Waals surface area contributed by atoms with Crippen LogP contribution in [0.25, 0.3) is 0 Å². The zero-order chi connectivity index (χ0) is 13.4. The summed E-state index contributed by atoms with van der Waals surface area (Å²) in [5.41, 5.74) is 1.06. The Labute approximate surface area is 110 Å². The van der Waals surface area contributed by atoms with Gasteiger partial charge in [-0.15, -0.1) is 0 Å². The van der Waals surface area contributed by atoms with E-state index < -0.39 is 10.1 Å². The normalized spacial score (nSPS) is 11.7. The molecule has 1 aromatic rings. The molecule has 0 bridgehead atoms. The molecule has 18 heavy (non-hydrogen) atoms. The van der Waals surface area contributed by atoms with Crippen molar-refractivity contribution in [2.24, 2.45) is 0 Å². The summed E-state index contributed by atoms with van der Waals surface area (Å²) in [6, 6.07) is 7.05. The van der Waals surface area contributed by atoms with Crippen LogP contribution < -0.4 is 0 Å². The number of benzene rings is 1. The zero-order valence-electron chi connectivity index (χ0n) is 11.2. The van der Waals surface area contributed by atoms with Crippen LogP contribution in [0.15, 0.2) is 29.2 Å². The molecular weight excluding hydrogens is 248 g/mol. The first-order valence-corrected chi connectivity index (χ1v) is 7.99. The lowest BCUT2D eigenvalue weighted by molar-refractivity contribution is 0.338. The van der Waals surface area contributed by atoms with Crippen molar-refractivity contribution in [2.75, 3.05) is 6.61 Å². The van der Waals surface area contributed by atoms with E-state index in [9.17, 15) is 8.42 Å². The highest BCUT2D eigenvalue weighted by Crippen LogP contribution is 2.16. The van der Waals surface area contributed by atoms with Gasteiger partial charge in [0.25, 0.3) is 10.1 Å². The molecule has 1 rings (SSSR count). The van der Waals surface area contributed by atoms with Crippen molar-refractivity contribution >= 4 is 10.1 Å². The number of aryl methyl sites for hydroxylation is 1. The largest absolute Gasteiger partial charge is 0.296 e. The molecule has 0 aromatic heterocycles. The molecule has 4 heteroatoms. The Morgan fingerprint density at radius 1 is 1.11 bits per heavy atom. The first-order chi connectivity index (χ1) is 8.60. The highest BCUT2D eigenvalue weighted by Gasteiger charge is 2.14. The van der Waals surface area contributed by atoms with E-state index in [4.69, 9.17) is 4.18 Å². The Bertz CT molecular complexity index is 452. The van der Waals surface area contributed by atoms with Crippen LogP contribution in [0, 0.1) is 0 Å². The minimum absolute atomic E-state index is 0.170. The number of unbranched alkanes of at least 4 members (excludes halogenated alkanes) is 3. The lowest BCUT2D eigenvalue weighted by atomic mass is 10.1. The summed E-state index contributed by atoms with van der Waals surface area (Å²) in [5.74, 6) is 0. The minimum Gasteiger partial charge on any atom is -0.267 e. The molecular formula is C14H22O3S. The smallest absolute Gasteiger partial charge is 0.267 e. The second-order valence-electron chi connectivity index (χ2n) is 4.32. The van der Waals surface area contributed by atoms with Crippen molar-refractivity contribution in [3.8, 4) is 0 Å². The second-order valence-corrected chi connectivity index (χ2v) is 5.93. The fourth-order valence-corrected chi connectivity index (χ4v) is 2.82. The molecule has 0 aliphatic rings. The maximum absolute atomic E-state index is 11.7. The van der Waals surface area contributed by atoms with Crippen molar-refractivity contribution in [3.05, 3.63) is 29.8 Å². The van der Waals surface area contributed by atoms with E-state index in [-0.39, 0.29) is 11.5 Å². The molecule has 0 saturated heterocycles. The van der Waals surface area contributed by atoms with Crippen LogP contribution >= 0.6 is 0 Å². The van der Waals surface area contributed by atoms with Crippen molar-refractivity contribution < 1.29 is 12.6 Å². The van der Waals surface area contributed by atoms with Gasteiger partial charge in [-0.1, -0.05) is 38.3 Å². The van der Waals surface area contributed by atoms with Gasteiger partial charge in [-0.3, -0.25) is 4.18 Å². The molecule has 0 amide bonds. The predicted molar refractivity (Wildman–Crippen MR) is 73.1 cm³/mol. The molecule has 0 aliphatic carbocycles. The summed E-state index contributed by atoms with van der Waals surface area (Å²) in [5, 5.41) is 0.